The van der Waals surface area contributed by atoms with Crippen molar-refractivity contribution < 1.29 is 10.2 Å². The molecule has 43 heavy (non-hydrogen) atoms. The van der Waals surface area contributed by atoms with Gasteiger partial charge in [-0.2, -0.15) is 0 Å². The van der Waals surface area contributed by atoms with Crippen LogP contribution in [-0.2, 0) is 21.8 Å². The van der Waals surface area contributed by atoms with Crippen LogP contribution in [0.4, 0.5) is 0 Å². The predicted octanol–water partition coefficient (Wildman–Crippen LogP) is 9.25. The SMILES string of the molecule is CO.CO.c1ccc([S+](c2ccccc2)c2ccc(Sc3ccc([S+](c4ccccc4)c4ccccc4)cc3)cc2)cc1. The lowest BCUT2D eigenvalue weighted by Crippen LogP contribution is -2.04. The average molecular weight is 621 g/mol. The van der Waals surface area contributed by atoms with Gasteiger partial charge < -0.3 is 10.2 Å². The maximum Gasteiger partial charge on any atom is 0.166 e. The van der Waals surface area contributed by atoms with Crippen LogP contribution in [0.2, 0.25) is 0 Å². The molecule has 0 unspecified atom stereocenters. The maximum atomic E-state index is 7.00. The average Bonchev–Trinajstić information content (AvgIpc) is 3.10. The lowest BCUT2D eigenvalue weighted by Gasteiger charge is -2.10. The van der Waals surface area contributed by atoms with E-state index in [0.29, 0.717) is 0 Å². The number of hydrogen-bond donors (Lipinski definition) is 2. The number of hydrogen-bond acceptors (Lipinski definition) is 3. The molecule has 2 nitrogen and oxygen atoms in total. The first-order valence-corrected chi connectivity index (χ1v) is 17.1. The topological polar surface area (TPSA) is 40.5 Å². The Morgan fingerprint density at radius 3 is 0.744 bits per heavy atom. The fourth-order valence-electron chi connectivity index (χ4n) is 4.47. The summed E-state index contributed by atoms with van der Waals surface area (Å²) in [4.78, 5) is 10.5. The minimum absolute atomic E-state index is 0.123. The number of aliphatic hydroxyl groups excluding tert-OH is 2. The molecule has 0 saturated heterocycles. The van der Waals surface area contributed by atoms with Crippen LogP contribution in [0.5, 0.6) is 0 Å². The van der Waals surface area contributed by atoms with Crippen molar-refractivity contribution in [3.05, 3.63) is 170 Å². The molecular formula is C38H36O2S3+2. The van der Waals surface area contributed by atoms with E-state index in [-0.39, 0.29) is 21.8 Å². The summed E-state index contributed by atoms with van der Waals surface area (Å²) in [5, 5.41) is 14.0. The van der Waals surface area contributed by atoms with Gasteiger partial charge in [0, 0.05) is 24.0 Å². The largest absolute Gasteiger partial charge is 0.400 e. The molecule has 0 fully saturated rings. The standard InChI is InChI=1S/C36H28S3.2CH4O/c1-5-13-31(14-6-1)38(32-15-7-2-8-16-32)35-25-21-29(22-26-35)37-30-23-27-36(28-24-30)39(33-17-9-3-10-18-33)34-19-11-4-12-20-34;2*1-2/h1-28H;2*2H,1H3/q+2;;. The van der Waals surface area contributed by atoms with Gasteiger partial charge in [-0.25, -0.2) is 0 Å². The Balaban J connectivity index is 0.00000102. The maximum absolute atomic E-state index is 7.00. The summed E-state index contributed by atoms with van der Waals surface area (Å²) >= 11 is 1.82. The van der Waals surface area contributed by atoms with Gasteiger partial charge in [-0.05, 0) is 97.1 Å². The van der Waals surface area contributed by atoms with Crippen LogP contribution in [0.1, 0.15) is 0 Å². The second-order valence-electron chi connectivity index (χ2n) is 8.91. The van der Waals surface area contributed by atoms with Crippen molar-refractivity contribution in [2.45, 2.75) is 39.2 Å². The van der Waals surface area contributed by atoms with Crippen molar-refractivity contribution in [2.75, 3.05) is 14.2 Å². The summed E-state index contributed by atoms with van der Waals surface area (Å²) in [6.45, 7) is 0. The molecule has 0 radical (unpaired) electrons. The minimum Gasteiger partial charge on any atom is -0.400 e. The van der Waals surface area contributed by atoms with Gasteiger partial charge in [-0.15, -0.1) is 0 Å². The molecule has 216 valence electrons. The molecule has 0 aliphatic carbocycles. The molecule has 0 aliphatic heterocycles. The molecule has 0 atom stereocenters. The Morgan fingerprint density at radius 2 is 0.512 bits per heavy atom. The zero-order valence-corrected chi connectivity index (χ0v) is 26.7. The summed E-state index contributed by atoms with van der Waals surface area (Å²) in [6.07, 6.45) is 0. The van der Waals surface area contributed by atoms with E-state index in [1.54, 1.807) is 0 Å². The van der Waals surface area contributed by atoms with Gasteiger partial charge in [-0.1, -0.05) is 84.6 Å². The van der Waals surface area contributed by atoms with Gasteiger partial charge in [0.25, 0.3) is 0 Å². The molecule has 6 rings (SSSR count). The van der Waals surface area contributed by atoms with Crippen LogP contribution in [0, 0.1) is 0 Å². The van der Waals surface area contributed by atoms with E-state index in [1.807, 2.05) is 11.8 Å². The monoisotopic (exact) mass is 620 g/mol. The second-order valence-corrected chi connectivity index (χ2v) is 14.1. The molecule has 2 N–H and O–H groups in total. The molecule has 0 bridgehead atoms. The van der Waals surface area contributed by atoms with Crippen molar-refractivity contribution >= 4 is 33.6 Å². The first kappa shape index (κ1) is 32.2. The summed E-state index contributed by atoms with van der Waals surface area (Å²) in [6, 6.07) is 61.5. The van der Waals surface area contributed by atoms with Gasteiger partial charge >= 0.3 is 0 Å². The van der Waals surface area contributed by atoms with E-state index in [0.717, 1.165) is 14.2 Å². The van der Waals surface area contributed by atoms with Gasteiger partial charge in [0.1, 0.15) is 0 Å². The lowest BCUT2D eigenvalue weighted by atomic mass is 10.3. The van der Waals surface area contributed by atoms with Crippen molar-refractivity contribution in [3.63, 3.8) is 0 Å². The quantitative estimate of drug-likeness (QED) is 0.167. The number of benzene rings is 6. The minimum atomic E-state index is -0.123. The second kappa shape index (κ2) is 17.4. The zero-order chi connectivity index (χ0) is 30.3. The molecule has 0 aromatic heterocycles. The normalized spacial score (nSPS) is 10.4. The fraction of sp³-hybridized carbons (Fsp3) is 0.0526. The highest BCUT2D eigenvalue weighted by Gasteiger charge is 2.29. The van der Waals surface area contributed by atoms with Crippen molar-refractivity contribution in [3.8, 4) is 0 Å². The number of rotatable bonds is 8. The summed E-state index contributed by atoms with van der Waals surface area (Å²) in [5.41, 5.74) is 0. The Kier molecular flexibility index (Phi) is 13.0. The molecule has 0 spiro atoms. The third kappa shape index (κ3) is 8.66. The van der Waals surface area contributed by atoms with Crippen LogP contribution in [-0.4, -0.2) is 24.4 Å². The molecular weight excluding hydrogens is 585 g/mol. The highest BCUT2D eigenvalue weighted by molar-refractivity contribution is 7.99. The van der Waals surface area contributed by atoms with Gasteiger partial charge in [0.15, 0.2) is 29.4 Å². The Bertz CT molecular complexity index is 1390. The predicted molar refractivity (Wildman–Crippen MR) is 183 cm³/mol. The van der Waals surface area contributed by atoms with Crippen LogP contribution < -0.4 is 0 Å². The van der Waals surface area contributed by atoms with E-state index >= 15 is 0 Å². The van der Waals surface area contributed by atoms with Crippen LogP contribution in [0.25, 0.3) is 0 Å². The first-order valence-electron chi connectivity index (χ1n) is 13.8. The van der Waals surface area contributed by atoms with Crippen LogP contribution >= 0.6 is 11.8 Å². The lowest BCUT2D eigenvalue weighted by molar-refractivity contribution is 0.399. The smallest absolute Gasteiger partial charge is 0.166 e. The third-order valence-corrected chi connectivity index (χ3v) is 11.7. The summed E-state index contributed by atoms with van der Waals surface area (Å²) in [5.74, 6) is 0. The Hall–Kier alpha value is -3.71. The van der Waals surface area contributed by atoms with Crippen LogP contribution in [0.3, 0.4) is 0 Å². The molecule has 5 heteroatoms. The summed E-state index contributed by atoms with van der Waals surface area (Å²) < 4.78 is 0. The Labute approximate surface area is 265 Å². The van der Waals surface area contributed by atoms with Gasteiger partial charge in [0.05, 0.1) is 21.8 Å². The molecule has 6 aromatic rings. The van der Waals surface area contributed by atoms with Gasteiger partial charge in [-0.3, -0.25) is 0 Å². The fourth-order valence-corrected chi connectivity index (χ4v) is 9.45. The van der Waals surface area contributed by atoms with E-state index in [1.165, 1.54) is 39.2 Å². The third-order valence-electron chi connectivity index (χ3n) is 6.27. The van der Waals surface area contributed by atoms with E-state index in [9.17, 15) is 0 Å². The van der Waals surface area contributed by atoms with Crippen molar-refractivity contribution in [1.29, 1.82) is 0 Å². The Morgan fingerprint density at radius 1 is 0.302 bits per heavy atom. The summed E-state index contributed by atoms with van der Waals surface area (Å²) in [7, 11) is 1.75. The van der Waals surface area contributed by atoms with Crippen LogP contribution in [0.15, 0.2) is 209 Å². The number of aliphatic hydroxyl groups is 2. The first-order chi connectivity index (χ1) is 21.3. The molecule has 0 saturated carbocycles. The van der Waals surface area contributed by atoms with Crippen molar-refractivity contribution in [1.82, 2.24) is 0 Å². The molecule has 0 amide bonds. The molecule has 0 heterocycles. The van der Waals surface area contributed by atoms with Crippen molar-refractivity contribution in [2.24, 2.45) is 0 Å². The highest BCUT2D eigenvalue weighted by atomic mass is 32.2. The molecule has 6 aromatic carbocycles. The van der Waals surface area contributed by atoms with E-state index in [4.69, 9.17) is 10.2 Å². The van der Waals surface area contributed by atoms with E-state index in [2.05, 4.69) is 170 Å². The van der Waals surface area contributed by atoms with E-state index < -0.39 is 0 Å². The zero-order valence-electron chi connectivity index (χ0n) is 24.3. The molecule has 0 aliphatic rings. The van der Waals surface area contributed by atoms with Gasteiger partial charge in [0.2, 0.25) is 0 Å². The highest BCUT2D eigenvalue weighted by Crippen LogP contribution is 2.36.